The Labute approximate surface area is 86.9 Å². The van der Waals surface area contributed by atoms with Crippen LogP contribution in [0.4, 0.5) is 5.13 Å². The third kappa shape index (κ3) is 1.59. The molecule has 0 unspecified atom stereocenters. The average Bonchev–Trinajstić information content (AvgIpc) is 2.60. The van der Waals surface area contributed by atoms with Crippen LogP contribution in [0.2, 0.25) is 0 Å². The highest BCUT2D eigenvalue weighted by atomic mass is 32.1. The maximum absolute atomic E-state index is 11.8. The zero-order chi connectivity index (χ0) is 10.1. The van der Waals surface area contributed by atoms with Crippen LogP contribution < -0.4 is 5.32 Å². The summed E-state index contributed by atoms with van der Waals surface area (Å²) >= 11 is 1.41. The molecule has 2 heterocycles. The molecule has 0 spiro atoms. The van der Waals surface area contributed by atoms with E-state index in [1.165, 1.54) is 11.3 Å². The fraction of sp³-hybridized carbons (Fsp3) is 0.556. The first-order valence-electron chi connectivity index (χ1n) is 4.63. The van der Waals surface area contributed by atoms with Crippen molar-refractivity contribution in [3.63, 3.8) is 0 Å². The summed E-state index contributed by atoms with van der Waals surface area (Å²) in [5.41, 5.74) is 0. The third-order valence-electron chi connectivity index (χ3n) is 2.28. The van der Waals surface area contributed by atoms with E-state index in [0.717, 1.165) is 23.1 Å². The van der Waals surface area contributed by atoms with E-state index in [1.807, 2.05) is 4.90 Å². The van der Waals surface area contributed by atoms with Crippen molar-refractivity contribution in [3.05, 3.63) is 11.1 Å². The summed E-state index contributed by atoms with van der Waals surface area (Å²) in [7, 11) is 1.80. The van der Waals surface area contributed by atoms with Crippen LogP contribution in [-0.2, 0) is 0 Å². The van der Waals surface area contributed by atoms with Gasteiger partial charge in [0.1, 0.15) is 4.88 Å². The van der Waals surface area contributed by atoms with Gasteiger partial charge in [0.05, 0.1) is 6.20 Å². The van der Waals surface area contributed by atoms with Gasteiger partial charge in [0.2, 0.25) is 0 Å². The molecule has 5 heteroatoms. The molecule has 14 heavy (non-hydrogen) atoms. The summed E-state index contributed by atoms with van der Waals surface area (Å²) in [5.74, 6) is 0.762. The number of thiazole rings is 1. The number of carbonyl (C=O) groups is 1. The van der Waals surface area contributed by atoms with Gasteiger partial charge in [-0.3, -0.25) is 4.79 Å². The van der Waals surface area contributed by atoms with Crippen molar-refractivity contribution in [3.8, 4) is 0 Å². The maximum Gasteiger partial charge on any atom is 0.265 e. The van der Waals surface area contributed by atoms with Crippen molar-refractivity contribution in [2.24, 2.45) is 5.92 Å². The van der Waals surface area contributed by atoms with Gasteiger partial charge in [0.25, 0.3) is 5.91 Å². The molecule has 1 fully saturated rings. The monoisotopic (exact) mass is 211 g/mol. The Balaban J connectivity index is 2.04. The van der Waals surface area contributed by atoms with Crippen molar-refractivity contribution in [2.45, 2.75) is 6.92 Å². The molecule has 4 nitrogen and oxygen atoms in total. The summed E-state index contributed by atoms with van der Waals surface area (Å²) in [4.78, 5) is 18.4. The van der Waals surface area contributed by atoms with Crippen LogP contribution in [0.1, 0.15) is 16.6 Å². The van der Waals surface area contributed by atoms with Gasteiger partial charge in [0.15, 0.2) is 5.13 Å². The number of rotatable bonds is 2. The Kier molecular flexibility index (Phi) is 2.41. The predicted octanol–water partition coefficient (Wildman–Crippen LogP) is 1.28. The van der Waals surface area contributed by atoms with Gasteiger partial charge in [0, 0.05) is 20.1 Å². The second-order valence-electron chi connectivity index (χ2n) is 3.59. The lowest BCUT2D eigenvalue weighted by Crippen LogP contribution is -2.48. The molecule has 0 saturated carbocycles. The largest absolute Gasteiger partial charge is 0.365 e. The van der Waals surface area contributed by atoms with Crippen LogP contribution in [0.5, 0.6) is 0 Å². The summed E-state index contributed by atoms with van der Waals surface area (Å²) < 4.78 is 0. The van der Waals surface area contributed by atoms with Crippen molar-refractivity contribution in [2.75, 3.05) is 25.5 Å². The van der Waals surface area contributed by atoms with E-state index in [0.29, 0.717) is 5.92 Å². The van der Waals surface area contributed by atoms with Gasteiger partial charge in [-0.1, -0.05) is 18.3 Å². The minimum Gasteiger partial charge on any atom is -0.365 e. The molecule has 1 amide bonds. The molecular weight excluding hydrogens is 198 g/mol. The van der Waals surface area contributed by atoms with Gasteiger partial charge in [-0.05, 0) is 5.92 Å². The van der Waals surface area contributed by atoms with E-state index < -0.39 is 0 Å². The zero-order valence-electron chi connectivity index (χ0n) is 8.28. The highest BCUT2D eigenvalue weighted by molar-refractivity contribution is 7.17. The van der Waals surface area contributed by atoms with Gasteiger partial charge < -0.3 is 10.2 Å². The normalized spacial score (nSPS) is 16.6. The molecule has 0 radical (unpaired) electrons. The fourth-order valence-corrected chi connectivity index (χ4v) is 2.25. The number of carbonyl (C=O) groups excluding carboxylic acids is 1. The number of hydrogen-bond donors (Lipinski definition) is 1. The zero-order valence-corrected chi connectivity index (χ0v) is 9.10. The van der Waals surface area contributed by atoms with E-state index in [4.69, 9.17) is 0 Å². The Morgan fingerprint density at radius 3 is 2.93 bits per heavy atom. The topological polar surface area (TPSA) is 45.2 Å². The average molecular weight is 211 g/mol. The Morgan fingerprint density at radius 1 is 1.71 bits per heavy atom. The van der Waals surface area contributed by atoms with Crippen LogP contribution in [0.3, 0.4) is 0 Å². The van der Waals surface area contributed by atoms with Crippen molar-refractivity contribution in [1.29, 1.82) is 0 Å². The molecule has 0 aromatic carbocycles. The summed E-state index contributed by atoms with van der Waals surface area (Å²) in [6.45, 7) is 3.91. The summed E-state index contributed by atoms with van der Waals surface area (Å²) in [6.07, 6.45) is 1.64. The molecule has 1 N–H and O–H groups in total. The van der Waals surface area contributed by atoms with Crippen LogP contribution in [0.15, 0.2) is 6.20 Å². The second-order valence-corrected chi connectivity index (χ2v) is 4.63. The summed E-state index contributed by atoms with van der Waals surface area (Å²) in [5, 5.41) is 3.72. The van der Waals surface area contributed by atoms with Crippen LogP contribution in [0, 0.1) is 5.92 Å². The highest BCUT2D eigenvalue weighted by Gasteiger charge is 2.28. The number of nitrogens with zero attached hydrogens (tertiary/aromatic N) is 2. The Morgan fingerprint density at radius 2 is 2.43 bits per heavy atom. The highest BCUT2D eigenvalue weighted by Crippen LogP contribution is 2.23. The first-order chi connectivity index (χ1) is 6.70. The van der Waals surface area contributed by atoms with Crippen molar-refractivity contribution in [1.82, 2.24) is 9.88 Å². The molecular formula is C9H13N3OS. The number of likely N-dealkylation sites (tertiary alicyclic amines) is 1. The molecule has 2 rings (SSSR count). The smallest absolute Gasteiger partial charge is 0.265 e. The minimum atomic E-state index is 0.113. The quantitative estimate of drug-likeness (QED) is 0.801. The van der Waals surface area contributed by atoms with Crippen molar-refractivity contribution >= 4 is 22.4 Å². The first-order valence-corrected chi connectivity index (χ1v) is 5.45. The molecule has 76 valence electrons. The fourth-order valence-electron chi connectivity index (χ4n) is 1.51. The SMILES string of the molecule is CNc1ncc(C(=O)N2CC(C)C2)s1. The second kappa shape index (κ2) is 3.57. The van der Waals surface area contributed by atoms with Gasteiger partial charge in [-0.25, -0.2) is 4.98 Å². The molecule has 0 atom stereocenters. The molecule has 1 aromatic rings. The van der Waals surface area contributed by atoms with Gasteiger partial charge >= 0.3 is 0 Å². The molecule has 1 aliphatic heterocycles. The molecule has 0 bridgehead atoms. The Hall–Kier alpha value is -1.10. The van der Waals surface area contributed by atoms with Crippen molar-refractivity contribution < 1.29 is 4.79 Å². The maximum atomic E-state index is 11.8. The van der Waals surface area contributed by atoms with E-state index >= 15 is 0 Å². The number of hydrogen-bond acceptors (Lipinski definition) is 4. The van der Waals surface area contributed by atoms with E-state index in [1.54, 1.807) is 13.2 Å². The summed E-state index contributed by atoms with van der Waals surface area (Å²) in [6, 6.07) is 0. The van der Waals surface area contributed by atoms with E-state index in [2.05, 4.69) is 17.2 Å². The number of anilines is 1. The molecule has 1 aliphatic rings. The number of amides is 1. The van der Waals surface area contributed by atoms with Gasteiger partial charge in [-0.15, -0.1) is 0 Å². The van der Waals surface area contributed by atoms with Crippen LogP contribution in [-0.4, -0.2) is 35.9 Å². The molecule has 1 aromatic heterocycles. The van der Waals surface area contributed by atoms with Crippen LogP contribution >= 0.6 is 11.3 Å². The Bertz CT molecular complexity index is 344. The molecule has 1 saturated heterocycles. The number of nitrogens with one attached hydrogen (secondary N) is 1. The minimum absolute atomic E-state index is 0.113. The first kappa shape index (κ1) is 9.45. The van der Waals surface area contributed by atoms with Crippen LogP contribution in [0.25, 0.3) is 0 Å². The number of aromatic nitrogens is 1. The van der Waals surface area contributed by atoms with Gasteiger partial charge in [-0.2, -0.15) is 0 Å². The lowest BCUT2D eigenvalue weighted by atomic mass is 10.0. The third-order valence-corrected chi connectivity index (χ3v) is 3.28. The molecule has 0 aliphatic carbocycles. The van der Waals surface area contributed by atoms with E-state index in [9.17, 15) is 4.79 Å². The predicted molar refractivity (Wildman–Crippen MR) is 56.7 cm³/mol. The lowest BCUT2D eigenvalue weighted by molar-refractivity contribution is 0.0535. The lowest BCUT2D eigenvalue weighted by Gasteiger charge is -2.36. The standard InChI is InChI=1S/C9H13N3OS/c1-6-4-12(5-6)8(13)7-3-11-9(10-2)14-7/h3,6H,4-5H2,1-2H3,(H,10,11). The van der Waals surface area contributed by atoms with E-state index in [-0.39, 0.29) is 5.91 Å².